The van der Waals surface area contributed by atoms with Gasteiger partial charge in [-0.1, -0.05) is 53.2 Å². The number of sulfonamides is 1. The van der Waals surface area contributed by atoms with Crippen LogP contribution in [0.4, 0.5) is 0 Å². The highest BCUT2D eigenvalue weighted by molar-refractivity contribution is 7.89. The molecule has 1 fully saturated rings. The second-order valence-electron chi connectivity index (χ2n) is 8.39. The molecule has 0 aromatic heterocycles. The lowest BCUT2D eigenvalue weighted by Gasteiger charge is -2.39. The molecule has 1 aromatic carbocycles. The summed E-state index contributed by atoms with van der Waals surface area (Å²) in [6.45, 7) is 11.2. The lowest BCUT2D eigenvalue weighted by atomic mass is 9.69. The highest BCUT2D eigenvalue weighted by Crippen LogP contribution is 2.40. The zero-order chi connectivity index (χ0) is 18.7. The van der Waals surface area contributed by atoms with Gasteiger partial charge in [-0.05, 0) is 67.1 Å². The van der Waals surface area contributed by atoms with Crippen LogP contribution in [0, 0.1) is 11.3 Å². The second kappa shape index (κ2) is 8.22. The number of hydrogen-bond acceptors (Lipinski definition) is 2. The van der Waals surface area contributed by atoms with E-state index >= 15 is 0 Å². The molecule has 0 heterocycles. The van der Waals surface area contributed by atoms with Gasteiger partial charge in [0, 0.05) is 6.04 Å². The minimum atomic E-state index is -3.42. The lowest BCUT2D eigenvalue weighted by Crippen LogP contribution is -2.39. The minimum absolute atomic E-state index is 0.0724. The molecular weight excluding hydrogens is 330 g/mol. The fraction of sp³-hybridized carbons (Fsp3) is 0.714. The molecule has 1 unspecified atom stereocenters. The average molecular weight is 366 g/mol. The van der Waals surface area contributed by atoms with E-state index in [0.717, 1.165) is 32.1 Å². The Labute approximate surface area is 154 Å². The van der Waals surface area contributed by atoms with Crippen LogP contribution in [0.1, 0.15) is 84.6 Å². The maximum atomic E-state index is 12.7. The van der Waals surface area contributed by atoms with Crippen molar-refractivity contribution in [2.24, 2.45) is 11.3 Å². The Balaban J connectivity index is 1.98. The molecule has 25 heavy (non-hydrogen) atoms. The zero-order valence-corrected chi connectivity index (χ0v) is 17.3. The molecule has 0 radical (unpaired) electrons. The normalized spacial score (nSPS) is 23.4. The molecule has 4 heteroatoms. The first-order valence-electron chi connectivity index (χ1n) is 9.82. The molecule has 1 aliphatic rings. The molecule has 2 rings (SSSR count). The van der Waals surface area contributed by atoms with Crippen molar-refractivity contribution in [2.75, 3.05) is 0 Å². The number of rotatable bonds is 7. The van der Waals surface area contributed by atoms with Gasteiger partial charge in [0.15, 0.2) is 0 Å². The predicted molar refractivity (Wildman–Crippen MR) is 105 cm³/mol. The van der Waals surface area contributed by atoms with Gasteiger partial charge in [-0.25, -0.2) is 13.1 Å². The molecule has 1 aliphatic carbocycles. The van der Waals surface area contributed by atoms with Crippen LogP contribution in [-0.4, -0.2) is 14.5 Å². The summed E-state index contributed by atoms with van der Waals surface area (Å²) in [4.78, 5) is 0.385. The minimum Gasteiger partial charge on any atom is -0.208 e. The Kier molecular flexibility index (Phi) is 6.72. The summed E-state index contributed by atoms with van der Waals surface area (Å²) in [6.07, 6.45) is 6.34. The van der Waals surface area contributed by atoms with Crippen LogP contribution in [0.2, 0.25) is 0 Å². The van der Waals surface area contributed by atoms with E-state index in [9.17, 15) is 8.42 Å². The van der Waals surface area contributed by atoms with E-state index in [1.54, 1.807) is 12.1 Å². The highest BCUT2D eigenvalue weighted by Gasteiger charge is 2.33. The van der Waals surface area contributed by atoms with Crippen molar-refractivity contribution < 1.29 is 8.42 Å². The summed E-state index contributed by atoms with van der Waals surface area (Å²) >= 11 is 0. The number of benzene rings is 1. The first-order chi connectivity index (χ1) is 11.7. The summed E-state index contributed by atoms with van der Waals surface area (Å²) in [6, 6.07) is 7.46. The van der Waals surface area contributed by atoms with Crippen molar-refractivity contribution in [3.63, 3.8) is 0 Å². The molecule has 0 saturated heterocycles. The summed E-state index contributed by atoms with van der Waals surface area (Å²) < 4.78 is 28.3. The summed E-state index contributed by atoms with van der Waals surface area (Å²) in [5.74, 6) is 1.16. The second-order valence-corrected chi connectivity index (χ2v) is 10.1. The van der Waals surface area contributed by atoms with E-state index in [-0.39, 0.29) is 6.04 Å². The fourth-order valence-electron chi connectivity index (χ4n) is 3.78. The molecule has 1 atom stereocenters. The maximum Gasteiger partial charge on any atom is 0.240 e. The summed E-state index contributed by atoms with van der Waals surface area (Å²) in [5, 5.41) is 0. The molecule has 0 amide bonds. The van der Waals surface area contributed by atoms with Gasteiger partial charge in [0.2, 0.25) is 10.0 Å². The van der Waals surface area contributed by atoms with Crippen molar-refractivity contribution in [3.05, 3.63) is 29.8 Å². The SMILES string of the molecule is CCC(C)c1ccc(S(=O)(=O)NC2CCC(C(C)(C)CC)CC2)cc1. The zero-order valence-electron chi connectivity index (χ0n) is 16.5. The highest BCUT2D eigenvalue weighted by atomic mass is 32.2. The van der Waals surface area contributed by atoms with Crippen LogP contribution in [0.15, 0.2) is 29.2 Å². The van der Waals surface area contributed by atoms with Gasteiger partial charge in [0.1, 0.15) is 0 Å². The van der Waals surface area contributed by atoms with Crippen LogP contribution in [-0.2, 0) is 10.0 Å². The van der Waals surface area contributed by atoms with Gasteiger partial charge >= 0.3 is 0 Å². The molecule has 0 bridgehead atoms. The van der Waals surface area contributed by atoms with E-state index in [1.165, 1.54) is 12.0 Å². The van der Waals surface area contributed by atoms with Gasteiger partial charge < -0.3 is 0 Å². The van der Waals surface area contributed by atoms with Crippen LogP contribution in [0.5, 0.6) is 0 Å². The van der Waals surface area contributed by atoms with Crippen molar-refractivity contribution in [1.82, 2.24) is 4.72 Å². The van der Waals surface area contributed by atoms with E-state index in [1.807, 2.05) is 12.1 Å². The van der Waals surface area contributed by atoms with E-state index in [0.29, 0.717) is 22.1 Å². The first kappa shape index (κ1) is 20.4. The fourth-order valence-corrected chi connectivity index (χ4v) is 5.09. The van der Waals surface area contributed by atoms with Crippen LogP contribution < -0.4 is 4.72 Å². The van der Waals surface area contributed by atoms with Gasteiger partial charge in [0.05, 0.1) is 4.90 Å². The number of nitrogens with one attached hydrogen (secondary N) is 1. The van der Waals surface area contributed by atoms with Crippen LogP contribution in [0.25, 0.3) is 0 Å². The topological polar surface area (TPSA) is 46.2 Å². The lowest BCUT2D eigenvalue weighted by molar-refractivity contribution is 0.142. The predicted octanol–water partition coefficient (Wildman–Crippen LogP) is 5.47. The first-order valence-corrected chi connectivity index (χ1v) is 11.3. The molecule has 1 saturated carbocycles. The van der Waals surface area contributed by atoms with Crippen molar-refractivity contribution >= 4 is 10.0 Å². The summed E-state index contributed by atoms with van der Waals surface area (Å²) in [7, 11) is -3.42. The van der Waals surface area contributed by atoms with Gasteiger partial charge in [0.25, 0.3) is 0 Å². The van der Waals surface area contributed by atoms with Gasteiger partial charge in [-0.2, -0.15) is 0 Å². The van der Waals surface area contributed by atoms with Gasteiger partial charge in [-0.15, -0.1) is 0 Å². The molecule has 142 valence electrons. The quantitative estimate of drug-likeness (QED) is 0.696. The van der Waals surface area contributed by atoms with Crippen LogP contribution in [0.3, 0.4) is 0 Å². The van der Waals surface area contributed by atoms with E-state index < -0.39 is 10.0 Å². The molecule has 0 spiro atoms. The molecule has 1 N–H and O–H groups in total. The third-order valence-electron chi connectivity index (χ3n) is 6.44. The molecule has 3 nitrogen and oxygen atoms in total. The largest absolute Gasteiger partial charge is 0.240 e. The molecular formula is C21H35NO2S. The Bertz CT molecular complexity index is 641. The Morgan fingerprint density at radius 1 is 1.08 bits per heavy atom. The Morgan fingerprint density at radius 2 is 1.64 bits per heavy atom. The smallest absolute Gasteiger partial charge is 0.208 e. The molecule has 1 aromatic rings. The van der Waals surface area contributed by atoms with Crippen LogP contribution >= 0.6 is 0 Å². The average Bonchev–Trinajstić information content (AvgIpc) is 2.61. The Hall–Kier alpha value is -0.870. The van der Waals surface area contributed by atoms with Gasteiger partial charge in [-0.3, -0.25) is 0 Å². The monoisotopic (exact) mass is 365 g/mol. The standard InChI is InChI=1S/C21H35NO2S/c1-6-16(3)17-8-14-20(15-9-17)25(23,24)22-19-12-10-18(11-13-19)21(4,5)7-2/h8-9,14-16,18-19,22H,6-7,10-13H2,1-5H3. The molecule has 0 aliphatic heterocycles. The third-order valence-corrected chi connectivity index (χ3v) is 7.97. The van der Waals surface area contributed by atoms with E-state index in [4.69, 9.17) is 0 Å². The van der Waals surface area contributed by atoms with Crippen molar-refractivity contribution in [1.29, 1.82) is 0 Å². The van der Waals surface area contributed by atoms with E-state index in [2.05, 4.69) is 39.3 Å². The third kappa shape index (κ3) is 5.07. The van der Waals surface area contributed by atoms with Crippen molar-refractivity contribution in [3.8, 4) is 0 Å². The summed E-state index contributed by atoms with van der Waals surface area (Å²) in [5.41, 5.74) is 1.55. The number of hydrogen-bond donors (Lipinski definition) is 1. The Morgan fingerprint density at radius 3 is 2.12 bits per heavy atom. The van der Waals surface area contributed by atoms with Crippen molar-refractivity contribution in [2.45, 2.75) is 90.0 Å². The maximum absolute atomic E-state index is 12.7.